The molecule has 6 heteroatoms. The van der Waals surface area contributed by atoms with E-state index in [0.717, 1.165) is 11.1 Å². The van der Waals surface area contributed by atoms with Crippen molar-refractivity contribution in [1.82, 2.24) is 10.6 Å². The highest BCUT2D eigenvalue weighted by Crippen LogP contribution is 2.28. The van der Waals surface area contributed by atoms with Crippen LogP contribution in [0.15, 0.2) is 59.8 Å². The van der Waals surface area contributed by atoms with Crippen LogP contribution >= 0.6 is 12.2 Å². The fourth-order valence-electron chi connectivity index (χ4n) is 2.76. The average Bonchev–Trinajstić information content (AvgIpc) is 2.57. The van der Waals surface area contributed by atoms with E-state index in [-0.39, 0.29) is 11.6 Å². The predicted octanol–water partition coefficient (Wildman–Crippen LogP) is 3.57. The van der Waals surface area contributed by atoms with Crippen molar-refractivity contribution in [2.45, 2.75) is 19.9 Å². The van der Waals surface area contributed by atoms with Gasteiger partial charge < -0.3 is 16.0 Å². The van der Waals surface area contributed by atoms with E-state index in [1.54, 1.807) is 19.1 Å². The minimum Gasteiger partial charge on any atom is -0.351 e. The first-order chi connectivity index (χ1) is 12.0. The van der Waals surface area contributed by atoms with Crippen LogP contribution in [0.3, 0.4) is 0 Å². The molecule has 2 aromatic rings. The molecule has 2 aromatic carbocycles. The van der Waals surface area contributed by atoms with Gasteiger partial charge in [0, 0.05) is 5.70 Å². The molecule has 25 heavy (non-hydrogen) atoms. The smallest absolute Gasteiger partial charge is 0.255 e. The Morgan fingerprint density at radius 1 is 1.12 bits per heavy atom. The summed E-state index contributed by atoms with van der Waals surface area (Å²) >= 11 is 5.23. The van der Waals surface area contributed by atoms with E-state index >= 15 is 0 Å². The molecule has 1 unspecified atom stereocenters. The topological polar surface area (TPSA) is 53.2 Å². The van der Waals surface area contributed by atoms with Gasteiger partial charge in [-0.25, -0.2) is 4.39 Å². The lowest BCUT2D eigenvalue weighted by Gasteiger charge is -2.30. The highest BCUT2D eigenvalue weighted by Gasteiger charge is 2.30. The van der Waals surface area contributed by atoms with Crippen LogP contribution in [0, 0.1) is 12.7 Å². The van der Waals surface area contributed by atoms with Crippen molar-refractivity contribution >= 4 is 28.9 Å². The maximum absolute atomic E-state index is 13.9. The SMILES string of the molecule is CC1=C(C(=O)Nc2ccccc2F)C(c2ccc(C)cc2)NC(=S)N1. The van der Waals surface area contributed by atoms with Gasteiger partial charge in [-0.15, -0.1) is 0 Å². The Kier molecular flexibility index (Phi) is 4.81. The van der Waals surface area contributed by atoms with Gasteiger partial charge in [-0.3, -0.25) is 4.79 Å². The summed E-state index contributed by atoms with van der Waals surface area (Å²) in [6.45, 7) is 3.78. The van der Waals surface area contributed by atoms with Crippen molar-refractivity contribution in [3.05, 3.63) is 76.7 Å². The molecule has 1 aliphatic rings. The maximum Gasteiger partial charge on any atom is 0.255 e. The standard InChI is InChI=1S/C19H18FN3OS/c1-11-7-9-13(10-8-11)17-16(12(2)21-19(25)23-17)18(24)22-15-6-4-3-5-14(15)20/h3-10,17H,1-2H3,(H,22,24)(H2,21,23,25). The Balaban J connectivity index is 1.96. The fraction of sp³-hybridized carbons (Fsp3) is 0.158. The largest absolute Gasteiger partial charge is 0.351 e. The van der Waals surface area contributed by atoms with E-state index in [1.807, 2.05) is 31.2 Å². The molecule has 1 amide bonds. The van der Waals surface area contributed by atoms with Crippen molar-refractivity contribution in [2.75, 3.05) is 5.32 Å². The lowest BCUT2D eigenvalue weighted by molar-refractivity contribution is -0.113. The van der Waals surface area contributed by atoms with Gasteiger partial charge in [0.15, 0.2) is 5.11 Å². The van der Waals surface area contributed by atoms with Crippen LogP contribution in [0.4, 0.5) is 10.1 Å². The van der Waals surface area contributed by atoms with Crippen LogP contribution in [0.5, 0.6) is 0 Å². The van der Waals surface area contributed by atoms with Crippen molar-refractivity contribution in [3.8, 4) is 0 Å². The highest BCUT2D eigenvalue weighted by molar-refractivity contribution is 7.80. The Labute approximate surface area is 151 Å². The monoisotopic (exact) mass is 355 g/mol. The Hall–Kier alpha value is -2.73. The lowest BCUT2D eigenvalue weighted by atomic mass is 9.94. The van der Waals surface area contributed by atoms with Gasteiger partial charge in [0.05, 0.1) is 17.3 Å². The highest BCUT2D eigenvalue weighted by atomic mass is 32.1. The number of nitrogens with one attached hydrogen (secondary N) is 3. The fourth-order valence-corrected chi connectivity index (χ4v) is 3.03. The summed E-state index contributed by atoms with van der Waals surface area (Å²) in [6.07, 6.45) is 0. The molecular formula is C19H18FN3OS. The number of rotatable bonds is 3. The van der Waals surface area contributed by atoms with Crippen molar-refractivity contribution in [1.29, 1.82) is 0 Å². The van der Waals surface area contributed by atoms with Gasteiger partial charge in [-0.2, -0.15) is 0 Å². The summed E-state index contributed by atoms with van der Waals surface area (Å²) in [5, 5.41) is 9.18. The summed E-state index contributed by atoms with van der Waals surface area (Å²) in [5.41, 5.74) is 3.29. The number of anilines is 1. The molecule has 1 aliphatic heterocycles. The number of carbonyl (C=O) groups excluding carboxylic acids is 1. The molecule has 0 saturated carbocycles. The number of benzene rings is 2. The zero-order valence-electron chi connectivity index (χ0n) is 13.9. The van der Waals surface area contributed by atoms with Gasteiger partial charge in [-0.1, -0.05) is 42.0 Å². The quantitative estimate of drug-likeness (QED) is 0.737. The van der Waals surface area contributed by atoms with E-state index in [0.29, 0.717) is 16.4 Å². The van der Waals surface area contributed by atoms with Crippen molar-refractivity contribution < 1.29 is 9.18 Å². The second kappa shape index (κ2) is 7.03. The van der Waals surface area contributed by atoms with Gasteiger partial charge in [0.2, 0.25) is 0 Å². The Bertz CT molecular complexity index is 861. The van der Waals surface area contributed by atoms with Crippen LogP contribution in [0.1, 0.15) is 24.1 Å². The number of hydrogen-bond donors (Lipinski definition) is 3. The number of para-hydroxylation sites is 1. The number of hydrogen-bond acceptors (Lipinski definition) is 2. The molecule has 0 radical (unpaired) electrons. The van der Waals surface area contributed by atoms with E-state index < -0.39 is 11.9 Å². The predicted molar refractivity (Wildman–Crippen MR) is 101 cm³/mol. The number of amides is 1. The maximum atomic E-state index is 13.9. The zero-order valence-corrected chi connectivity index (χ0v) is 14.7. The van der Waals surface area contributed by atoms with Crippen molar-refractivity contribution in [3.63, 3.8) is 0 Å². The van der Waals surface area contributed by atoms with E-state index in [9.17, 15) is 9.18 Å². The van der Waals surface area contributed by atoms with Gasteiger partial charge in [0.25, 0.3) is 5.91 Å². The Morgan fingerprint density at radius 3 is 2.48 bits per heavy atom. The molecule has 0 bridgehead atoms. The second-order valence-electron chi connectivity index (χ2n) is 5.91. The average molecular weight is 355 g/mol. The van der Waals surface area contributed by atoms with Crippen LogP contribution in [0.2, 0.25) is 0 Å². The summed E-state index contributed by atoms with van der Waals surface area (Å²) in [4.78, 5) is 12.8. The molecule has 0 spiro atoms. The second-order valence-corrected chi connectivity index (χ2v) is 6.32. The molecule has 1 heterocycles. The normalized spacial score (nSPS) is 16.9. The first kappa shape index (κ1) is 17.1. The summed E-state index contributed by atoms with van der Waals surface area (Å²) in [5.74, 6) is -0.857. The van der Waals surface area contributed by atoms with Crippen molar-refractivity contribution in [2.24, 2.45) is 0 Å². The molecule has 0 fully saturated rings. The summed E-state index contributed by atoms with van der Waals surface area (Å²) in [6, 6.07) is 13.5. The zero-order chi connectivity index (χ0) is 18.0. The van der Waals surface area contributed by atoms with Gasteiger partial charge in [-0.05, 0) is 43.8 Å². The Morgan fingerprint density at radius 2 is 1.80 bits per heavy atom. The first-order valence-corrected chi connectivity index (χ1v) is 8.27. The third kappa shape index (κ3) is 3.69. The number of halogens is 1. The number of aryl methyl sites for hydroxylation is 1. The molecule has 3 N–H and O–H groups in total. The number of carbonyl (C=O) groups is 1. The first-order valence-electron chi connectivity index (χ1n) is 7.86. The molecule has 128 valence electrons. The summed E-state index contributed by atoms with van der Waals surface area (Å²) in [7, 11) is 0. The minimum atomic E-state index is -0.478. The molecule has 0 saturated heterocycles. The summed E-state index contributed by atoms with van der Waals surface area (Å²) < 4.78 is 13.9. The minimum absolute atomic E-state index is 0.142. The molecule has 0 aromatic heterocycles. The van der Waals surface area contributed by atoms with Crippen LogP contribution in [-0.2, 0) is 4.79 Å². The number of thiocarbonyl (C=S) groups is 1. The molecule has 1 atom stereocenters. The van der Waals surface area contributed by atoms with Crippen LogP contribution in [-0.4, -0.2) is 11.0 Å². The van der Waals surface area contributed by atoms with Gasteiger partial charge in [0.1, 0.15) is 5.82 Å². The van der Waals surface area contributed by atoms with Crippen LogP contribution in [0.25, 0.3) is 0 Å². The lowest BCUT2D eigenvalue weighted by Crippen LogP contribution is -2.45. The number of allylic oxidation sites excluding steroid dienone is 1. The molecule has 0 aliphatic carbocycles. The van der Waals surface area contributed by atoms with E-state index in [2.05, 4.69) is 16.0 Å². The van der Waals surface area contributed by atoms with E-state index in [4.69, 9.17) is 12.2 Å². The van der Waals surface area contributed by atoms with Crippen LogP contribution < -0.4 is 16.0 Å². The third-order valence-electron chi connectivity index (χ3n) is 4.05. The molecule has 4 nitrogen and oxygen atoms in total. The van der Waals surface area contributed by atoms with E-state index in [1.165, 1.54) is 12.1 Å². The third-order valence-corrected chi connectivity index (χ3v) is 4.27. The van der Waals surface area contributed by atoms with Gasteiger partial charge >= 0.3 is 0 Å². The molecular weight excluding hydrogens is 337 g/mol. The molecule has 3 rings (SSSR count).